The number of carbonyl (C=O) groups excluding carboxylic acids is 2. The highest BCUT2D eigenvalue weighted by Crippen LogP contribution is 2.25. The van der Waals surface area contributed by atoms with Crippen molar-refractivity contribution in [3.8, 4) is 0 Å². The van der Waals surface area contributed by atoms with Gasteiger partial charge in [0.1, 0.15) is 6.54 Å². The average Bonchev–Trinajstić information content (AvgIpc) is 2.77. The van der Waals surface area contributed by atoms with Crippen molar-refractivity contribution in [2.75, 3.05) is 20.2 Å². The van der Waals surface area contributed by atoms with Crippen molar-refractivity contribution in [1.29, 1.82) is 0 Å². The first-order valence-corrected chi connectivity index (χ1v) is 6.64. The number of hydrogen-bond acceptors (Lipinski definition) is 4. The normalized spacial score (nSPS) is 13.9. The van der Waals surface area contributed by atoms with E-state index in [1.54, 1.807) is 0 Å². The number of aryl methyl sites for hydroxylation is 2. The molecule has 0 saturated heterocycles. The highest BCUT2D eigenvalue weighted by Gasteiger charge is 2.21. The van der Waals surface area contributed by atoms with Gasteiger partial charge < -0.3 is 10.1 Å². The molecule has 5 nitrogen and oxygen atoms in total. The van der Waals surface area contributed by atoms with Gasteiger partial charge in [0.25, 0.3) is 0 Å². The Balaban J connectivity index is 1.88. The summed E-state index contributed by atoms with van der Waals surface area (Å²) in [5.74, 6) is -0.592. The second-order valence-electron chi connectivity index (χ2n) is 5.20. The first-order chi connectivity index (χ1) is 9.49. The molecule has 0 fully saturated rings. The van der Waals surface area contributed by atoms with Gasteiger partial charge in [-0.2, -0.15) is 0 Å². The van der Waals surface area contributed by atoms with Gasteiger partial charge >= 0.3 is 5.97 Å². The van der Waals surface area contributed by atoms with Crippen molar-refractivity contribution in [2.24, 2.45) is 0 Å². The second kappa shape index (κ2) is 6.05. The smallest absolute Gasteiger partial charge is 0.325 e. The molecular formula is C15H20N2O3. The van der Waals surface area contributed by atoms with Crippen LogP contribution in [0.5, 0.6) is 0 Å². The molecule has 0 radical (unpaired) electrons. The zero-order chi connectivity index (χ0) is 14.7. The van der Waals surface area contributed by atoms with E-state index in [1.165, 1.54) is 29.4 Å². The number of nitrogens with zero attached hydrogens (tertiary/aromatic N) is 1. The molecule has 0 aromatic heterocycles. The summed E-state index contributed by atoms with van der Waals surface area (Å²) in [6, 6.07) is 4.38. The van der Waals surface area contributed by atoms with Gasteiger partial charge in [-0.25, -0.2) is 0 Å². The number of hydrogen-bond donors (Lipinski definition) is 1. The fourth-order valence-electron chi connectivity index (χ4n) is 2.38. The SMILES string of the molecule is COC(=O)CNC(=O)CN1Cc2cc(C)c(C)cc2C1. The Hall–Kier alpha value is -1.88. The second-order valence-corrected chi connectivity index (χ2v) is 5.20. The van der Waals surface area contributed by atoms with E-state index in [0.29, 0.717) is 6.54 Å². The predicted octanol–water partition coefficient (Wildman–Crippen LogP) is 0.908. The molecule has 20 heavy (non-hydrogen) atoms. The molecule has 0 bridgehead atoms. The molecule has 0 saturated carbocycles. The van der Waals surface area contributed by atoms with Crippen LogP contribution < -0.4 is 5.32 Å². The molecule has 0 spiro atoms. The third kappa shape index (κ3) is 3.36. The monoisotopic (exact) mass is 276 g/mol. The van der Waals surface area contributed by atoms with Gasteiger partial charge in [-0.15, -0.1) is 0 Å². The standard InChI is InChI=1S/C15H20N2O3/c1-10-4-12-7-17(8-13(12)5-11(10)2)9-14(18)16-6-15(19)20-3/h4-5H,6-9H2,1-3H3,(H,16,18). The van der Waals surface area contributed by atoms with E-state index in [-0.39, 0.29) is 12.5 Å². The highest BCUT2D eigenvalue weighted by molar-refractivity contribution is 5.83. The van der Waals surface area contributed by atoms with Crippen molar-refractivity contribution >= 4 is 11.9 Å². The molecular weight excluding hydrogens is 256 g/mol. The van der Waals surface area contributed by atoms with Crippen LogP contribution in [-0.4, -0.2) is 37.0 Å². The number of benzene rings is 1. The summed E-state index contributed by atoms with van der Waals surface area (Å²) in [4.78, 5) is 24.8. The molecule has 1 N–H and O–H groups in total. The lowest BCUT2D eigenvalue weighted by atomic mass is 10.0. The van der Waals surface area contributed by atoms with Crippen molar-refractivity contribution < 1.29 is 14.3 Å². The first kappa shape index (κ1) is 14.5. The minimum atomic E-state index is -0.436. The van der Waals surface area contributed by atoms with Crippen LogP contribution in [0.4, 0.5) is 0 Å². The van der Waals surface area contributed by atoms with Gasteiger partial charge in [0.05, 0.1) is 13.7 Å². The summed E-state index contributed by atoms with van der Waals surface area (Å²) in [6.45, 7) is 5.98. The van der Waals surface area contributed by atoms with E-state index in [1.807, 2.05) is 0 Å². The summed E-state index contributed by atoms with van der Waals surface area (Å²) in [7, 11) is 1.30. The Morgan fingerprint density at radius 3 is 2.25 bits per heavy atom. The van der Waals surface area contributed by atoms with Crippen LogP contribution in [-0.2, 0) is 27.4 Å². The van der Waals surface area contributed by atoms with Gasteiger partial charge in [-0.1, -0.05) is 12.1 Å². The quantitative estimate of drug-likeness (QED) is 0.830. The molecule has 0 atom stereocenters. The topological polar surface area (TPSA) is 58.6 Å². The zero-order valence-electron chi connectivity index (χ0n) is 12.2. The van der Waals surface area contributed by atoms with E-state index in [2.05, 4.69) is 40.9 Å². The van der Waals surface area contributed by atoms with Crippen molar-refractivity contribution in [1.82, 2.24) is 10.2 Å². The lowest BCUT2D eigenvalue weighted by molar-refractivity contribution is -0.141. The maximum Gasteiger partial charge on any atom is 0.325 e. The minimum Gasteiger partial charge on any atom is -0.468 e. The van der Waals surface area contributed by atoms with E-state index in [4.69, 9.17) is 0 Å². The number of ether oxygens (including phenoxy) is 1. The Morgan fingerprint density at radius 2 is 1.75 bits per heavy atom. The van der Waals surface area contributed by atoms with Crippen LogP contribution in [0.2, 0.25) is 0 Å². The number of methoxy groups -OCH3 is 1. The van der Waals surface area contributed by atoms with Gasteiger partial charge in [0.15, 0.2) is 0 Å². The highest BCUT2D eigenvalue weighted by atomic mass is 16.5. The number of fused-ring (bicyclic) bond motifs is 1. The van der Waals surface area contributed by atoms with E-state index >= 15 is 0 Å². The Bertz CT molecular complexity index is 509. The van der Waals surface area contributed by atoms with E-state index < -0.39 is 5.97 Å². The van der Waals surface area contributed by atoms with E-state index in [0.717, 1.165) is 13.1 Å². The first-order valence-electron chi connectivity index (χ1n) is 6.64. The predicted molar refractivity (Wildman–Crippen MR) is 75.1 cm³/mol. The maximum atomic E-state index is 11.7. The number of carbonyl (C=O) groups is 2. The van der Waals surface area contributed by atoms with Crippen LogP contribution in [0.3, 0.4) is 0 Å². The summed E-state index contributed by atoms with van der Waals surface area (Å²) in [6.07, 6.45) is 0. The van der Waals surface area contributed by atoms with Gasteiger partial charge in [0.2, 0.25) is 5.91 Å². The molecule has 5 heteroatoms. The fourth-order valence-corrected chi connectivity index (χ4v) is 2.38. The molecule has 0 aliphatic carbocycles. The summed E-state index contributed by atoms with van der Waals surface area (Å²) < 4.78 is 4.48. The number of rotatable bonds is 4. The van der Waals surface area contributed by atoms with Crippen LogP contribution >= 0.6 is 0 Å². The molecule has 108 valence electrons. The fraction of sp³-hybridized carbons (Fsp3) is 0.467. The Labute approximate surface area is 118 Å². The van der Waals surface area contributed by atoms with Gasteiger partial charge in [-0.3, -0.25) is 14.5 Å². The van der Waals surface area contributed by atoms with Crippen LogP contribution in [0.15, 0.2) is 12.1 Å². The third-order valence-electron chi connectivity index (χ3n) is 3.63. The maximum absolute atomic E-state index is 11.7. The summed E-state index contributed by atoms with van der Waals surface area (Å²) in [5.41, 5.74) is 5.13. The molecule has 1 aliphatic rings. The van der Waals surface area contributed by atoms with Crippen molar-refractivity contribution in [3.63, 3.8) is 0 Å². The number of nitrogens with one attached hydrogen (secondary N) is 1. The number of esters is 1. The van der Waals surface area contributed by atoms with Gasteiger partial charge in [0, 0.05) is 13.1 Å². The molecule has 2 rings (SSSR count). The lowest BCUT2D eigenvalue weighted by Crippen LogP contribution is -2.37. The largest absolute Gasteiger partial charge is 0.468 e. The van der Waals surface area contributed by atoms with Crippen molar-refractivity contribution in [3.05, 3.63) is 34.4 Å². The van der Waals surface area contributed by atoms with E-state index in [9.17, 15) is 9.59 Å². The Morgan fingerprint density at radius 1 is 1.20 bits per heavy atom. The third-order valence-corrected chi connectivity index (χ3v) is 3.63. The Kier molecular flexibility index (Phi) is 4.39. The van der Waals surface area contributed by atoms with Gasteiger partial charge in [-0.05, 0) is 36.1 Å². The molecule has 0 unspecified atom stereocenters. The lowest BCUT2D eigenvalue weighted by Gasteiger charge is -2.13. The van der Waals surface area contributed by atoms with Crippen LogP contribution in [0.25, 0.3) is 0 Å². The van der Waals surface area contributed by atoms with Crippen LogP contribution in [0, 0.1) is 13.8 Å². The minimum absolute atomic E-state index is 0.0751. The molecule has 1 heterocycles. The zero-order valence-corrected chi connectivity index (χ0v) is 12.2. The number of amides is 1. The van der Waals surface area contributed by atoms with Crippen molar-refractivity contribution in [2.45, 2.75) is 26.9 Å². The molecule has 1 aromatic rings. The summed E-state index contributed by atoms with van der Waals surface area (Å²) >= 11 is 0. The molecule has 1 amide bonds. The summed E-state index contributed by atoms with van der Waals surface area (Å²) in [5, 5.41) is 2.55. The molecule has 1 aromatic carbocycles. The van der Waals surface area contributed by atoms with Crippen LogP contribution in [0.1, 0.15) is 22.3 Å². The average molecular weight is 276 g/mol. The molecule has 1 aliphatic heterocycles.